The number of nitrogens with one attached hydrogen (secondary N) is 1. The number of anilines is 1. The molecule has 0 fully saturated rings. The smallest absolute Gasteiger partial charge is 0.257 e. The lowest BCUT2D eigenvalue weighted by Crippen LogP contribution is -2.14. The number of halogens is 3. The standard InChI is InChI=1S/C19H16Cl2FN3O/c1-11-18(23-19(26)15-9-14(20)7-8-16(15)21)12(2)25(24-11)10-13-5-3-4-6-17(13)22/h3-9H,10H2,1-2H3,(H,23,26). The molecule has 3 rings (SSSR count). The lowest BCUT2D eigenvalue weighted by atomic mass is 10.2. The van der Waals surface area contributed by atoms with Crippen molar-refractivity contribution in [3.8, 4) is 0 Å². The Labute approximate surface area is 160 Å². The highest BCUT2D eigenvalue weighted by molar-refractivity contribution is 6.36. The van der Waals surface area contributed by atoms with E-state index in [4.69, 9.17) is 23.2 Å². The molecule has 0 unspecified atom stereocenters. The van der Waals surface area contributed by atoms with Crippen LogP contribution in [0.1, 0.15) is 27.3 Å². The molecule has 0 radical (unpaired) electrons. The maximum absolute atomic E-state index is 13.9. The Morgan fingerprint density at radius 3 is 2.65 bits per heavy atom. The summed E-state index contributed by atoms with van der Waals surface area (Å²) >= 11 is 12.0. The van der Waals surface area contributed by atoms with E-state index in [0.717, 1.165) is 5.69 Å². The van der Waals surface area contributed by atoms with Gasteiger partial charge >= 0.3 is 0 Å². The van der Waals surface area contributed by atoms with E-state index in [0.29, 0.717) is 27.0 Å². The van der Waals surface area contributed by atoms with Crippen LogP contribution in [0.5, 0.6) is 0 Å². The van der Waals surface area contributed by atoms with E-state index in [1.807, 2.05) is 6.92 Å². The number of carbonyl (C=O) groups is 1. The summed E-state index contributed by atoms with van der Waals surface area (Å²) in [7, 11) is 0. The predicted octanol–water partition coefficient (Wildman–Crippen LogP) is 5.25. The van der Waals surface area contributed by atoms with Crippen molar-refractivity contribution < 1.29 is 9.18 Å². The first-order chi connectivity index (χ1) is 12.4. The van der Waals surface area contributed by atoms with Gasteiger partial charge in [-0.15, -0.1) is 0 Å². The van der Waals surface area contributed by atoms with Gasteiger partial charge in [0.25, 0.3) is 5.91 Å². The molecule has 0 saturated carbocycles. The van der Waals surface area contributed by atoms with Gasteiger partial charge in [-0.2, -0.15) is 5.10 Å². The molecule has 0 atom stereocenters. The molecule has 1 N–H and O–H groups in total. The van der Waals surface area contributed by atoms with Crippen LogP contribution in [0, 0.1) is 19.7 Å². The highest BCUT2D eigenvalue weighted by Crippen LogP contribution is 2.25. The molecule has 0 aliphatic heterocycles. The average molecular weight is 392 g/mol. The third-order valence-electron chi connectivity index (χ3n) is 4.07. The first kappa shape index (κ1) is 18.4. The number of amides is 1. The number of rotatable bonds is 4. The minimum atomic E-state index is -0.380. The third kappa shape index (κ3) is 3.74. The van der Waals surface area contributed by atoms with Gasteiger partial charge in [0.05, 0.1) is 34.2 Å². The largest absolute Gasteiger partial charge is 0.319 e. The van der Waals surface area contributed by atoms with Crippen LogP contribution in [0.4, 0.5) is 10.1 Å². The van der Waals surface area contributed by atoms with Crippen molar-refractivity contribution in [3.63, 3.8) is 0 Å². The van der Waals surface area contributed by atoms with E-state index in [2.05, 4.69) is 10.4 Å². The van der Waals surface area contributed by atoms with E-state index in [-0.39, 0.29) is 23.8 Å². The van der Waals surface area contributed by atoms with Crippen molar-refractivity contribution in [2.75, 3.05) is 5.32 Å². The summed E-state index contributed by atoms with van der Waals surface area (Å²) in [6, 6.07) is 11.2. The van der Waals surface area contributed by atoms with E-state index < -0.39 is 0 Å². The second kappa shape index (κ2) is 7.48. The molecule has 0 aliphatic carbocycles. The molecular formula is C19H16Cl2FN3O. The number of nitrogens with zero attached hydrogens (tertiary/aromatic N) is 2. The van der Waals surface area contributed by atoms with Gasteiger partial charge in [-0.05, 0) is 38.1 Å². The van der Waals surface area contributed by atoms with Crippen LogP contribution in [0.25, 0.3) is 0 Å². The Morgan fingerprint density at radius 2 is 1.92 bits per heavy atom. The average Bonchev–Trinajstić information content (AvgIpc) is 2.86. The van der Waals surface area contributed by atoms with Crippen molar-refractivity contribution >= 4 is 34.8 Å². The normalized spacial score (nSPS) is 10.8. The number of hydrogen-bond donors (Lipinski definition) is 1. The highest BCUT2D eigenvalue weighted by atomic mass is 35.5. The molecule has 7 heteroatoms. The zero-order valence-electron chi connectivity index (χ0n) is 14.2. The fourth-order valence-electron chi connectivity index (χ4n) is 2.67. The molecule has 134 valence electrons. The third-order valence-corrected chi connectivity index (χ3v) is 4.64. The number of benzene rings is 2. The van der Waals surface area contributed by atoms with E-state index in [1.54, 1.807) is 41.9 Å². The van der Waals surface area contributed by atoms with E-state index in [1.165, 1.54) is 12.1 Å². The van der Waals surface area contributed by atoms with Crippen molar-refractivity contribution in [2.45, 2.75) is 20.4 Å². The molecule has 1 heterocycles. The van der Waals surface area contributed by atoms with E-state index >= 15 is 0 Å². The fourth-order valence-corrected chi connectivity index (χ4v) is 3.05. The van der Waals surface area contributed by atoms with Crippen molar-refractivity contribution in [1.82, 2.24) is 9.78 Å². The summed E-state index contributed by atoms with van der Waals surface area (Å²) in [6.45, 7) is 3.86. The van der Waals surface area contributed by atoms with Crippen LogP contribution >= 0.6 is 23.2 Å². The fraction of sp³-hybridized carbons (Fsp3) is 0.158. The lowest BCUT2D eigenvalue weighted by molar-refractivity contribution is 0.102. The van der Waals surface area contributed by atoms with Gasteiger partial charge in [-0.25, -0.2) is 4.39 Å². The molecule has 1 amide bonds. The minimum absolute atomic E-state index is 0.271. The monoisotopic (exact) mass is 391 g/mol. The maximum Gasteiger partial charge on any atom is 0.257 e. The summed E-state index contributed by atoms with van der Waals surface area (Å²) in [6.07, 6.45) is 0. The zero-order chi connectivity index (χ0) is 18.8. The maximum atomic E-state index is 13.9. The van der Waals surface area contributed by atoms with Crippen LogP contribution in [-0.2, 0) is 6.54 Å². The highest BCUT2D eigenvalue weighted by Gasteiger charge is 2.18. The van der Waals surface area contributed by atoms with Gasteiger partial charge in [0.2, 0.25) is 0 Å². The topological polar surface area (TPSA) is 46.9 Å². The molecule has 0 bridgehead atoms. The molecule has 0 aliphatic rings. The summed E-state index contributed by atoms with van der Waals surface area (Å²) in [4.78, 5) is 12.6. The molecule has 2 aromatic carbocycles. The van der Waals surface area contributed by atoms with Crippen molar-refractivity contribution in [1.29, 1.82) is 0 Å². The summed E-state index contributed by atoms with van der Waals surface area (Å²) in [5.74, 6) is -0.675. The molecule has 4 nitrogen and oxygen atoms in total. The summed E-state index contributed by atoms with van der Waals surface area (Å²) in [5, 5.41) is 7.96. The van der Waals surface area contributed by atoms with Gasteiger partial charge in [0.15, 0.2) is 0 Å². The van der Waals surface area contributed by atoms with Crippen molar-refractivity contribution in [3.05, 3.63) is 80.8 Å². The van der Waals surface area contributed by atoms with Gasteiger partial charge in [-0.3, -0.25) is 9.48 Å². The molecular weight excluding hydrogens is 376 g/mol. The molecule has 26 heavy (non-hydrogen) atoms. The van der Waals surface area contributed by atoms with Gasteiger partial charge in [0, 0.05) is 10.6 Å². The van der Waals surface area contributed by atoms with Crippen LogP contribution < -0.4 is 5.32 Å². The molecule has 1 aromatic heterocycles. The van der Waals surface area contributed by atoms with Crippen LogP contribution in [0.2, 0.25) is 10.0 Å². The second-order valence-corrected chi connectivity index (χ2v) is 6.72. The first-order valence-corrected chi connectivity index (χ1v) is 8.66. The Hall–Kier alpha value is -2.37. The SMILES string of the molecule is Cc1nn(Cc2ccccc2F)c(C)c1NC(=O)c1cc(Cl)ccc1Cl. The second-order valence-electron chi connectivity index (χ2n) is 5.87. The Bertz CT molecular complexity index is 985. The molecule has 3 aromatic rings. The molecule has 0 spiro atoms. The van der Waals surface area contributed by atoms with Gasteiger partial charge in [0.1, 0.15) is 5.82 Å². The van der Waals surface area contributed by atoms with E-state index in [9.17, 15) is 9.18 Å². The number of aryl methyl sites for hydroxylation is 1. The van der Waals surface area contributed by atoms with Crippen LogP contribution in [0.3, 0.4) is 0 Å². The Kier molecular flexibility index (Phi) is 5.30. The lowest BCUT2D eigenvalue weighted by Gasteiger charge is -2.09. The van der Waals surface area contributed by atoms with Crippen molar-refractivity contribution in [2.24, 2.45) is 0 Å². The van der Waals surface area contributed by atoms with Crippen LogP contribution in [0.15, 0.2) is 42.5 Å². The summed E-state index contributed by atoms with van der Waals surface area (Å²) < 4.78 is 15.5. The number of hydrogen-bond acceptors (Lipinski definition) is 2. The van der Waals surface area contributed by atoms with Gasteiger partial charge in [-0.1, -0.05) is 41.4 Å². The number of aromatic nitrogens is 2. The summed E-state index contributed by atoms with van der Waals surface area (Å²) in [5.41, 5.74) is 2.72. The predicted molar refractivity (Wildman–Crippen MR) is 102 cm³/mol. The van der Waals surface area contributed by atoms with Gasteiger partial charge < -0.3 is 5.32 Å². The zero-order valence-corrected chi connectivity index (χ0v) is 15.7. The first-order valence-electron chi connectivity index (χ1n) is 7.90. The van der Waals surface area contributed by atoms with Crippen LogP contribution in [-0.4, -0.2) is 15.7 Å². The quantitative estimate of drug-likeness (QED) is 0.660. The minimum Gasteiger partial charge on any atom is -0.319 e. The Morgan fingerprint density at radius 1 is 1.19 bits per heavy atom. The molecule has 0 saturated heterocycles. The Balaban J connectivity index is 1.87. The number of carbonyl (C=O) groups excluding carboxylic acids is 1.